The number of hydrogen-bond acceptors (Lipinski definition) is 5. The third-order valence-electron chi connectivity index (χ3n) is 3.86. The quantitative estimate of drug-likeness (QED) is 0.595. The lowest BCUT2D eigenvalue weighted by Crippen LogP contribution is -2.30. The summed E-state index contributed by atoms with van der Waals surface area (Å²) in [5, 5.41) is 8.63. The summed E-state index contributed by atoms with van der Waals surface area (Å²) in [4.78, 5) is 14.0. The third kappa shape index (κ3) is 4.11. The number of ether oxygens (including phenoxy) is 1. The first-order valence-electron chi connectivity index (χ1n) is 8.05. The molecule has 1 aliphatic rings. The maximum absolute atomic E-state index is 13.1. The fourth-order valence-corrected chi connectivity index (χ4v) is 3.42. The van der Waals surface area contributed by atoms with Gasteiger partial charge in [0, 0.05) is 5.56 Å². The Hall–Kier alpha value is -2.67. The molecule has 0 N–H and O–H groups in total. The number of carbonyl (C=O) groups is 1. The topological polar surface area (TPSA) is 54.3 Å². The van der Waals surface area contributed by atoms with Gasteiger partial charge in [0.25, 0.3) is 0 Å². The summed E-state index contributed by atoms with van der Waals surface area (Å²) in [6, 6.07) is 13.5. The van der Waals surface area contributed by atoms with E-state index < -0.39 is 0 Å². The van der Waals surface area contributed by atoms with Crippen molar-refractivity contribution in [3.8, 4) is 5.75 Å². The van der Waals surface area contributed by atoms with Gasteiger partial charge in [0.1, 0.15) is 11.6 Å². The van der Waals surface area contributed by atoms with E-state index in [9.17, 15) is 9.18 Å². The molecule has 134 valence electrons. The summed E-state index contributed by atoms with van der Waals surface area (Å²) in [5.74, 6) is 0.355. The number of para-hydroxylation sites is 1. The molecule has 0 aromatic heterocycles. The maximum Gasteiger partial charge on any atom is 0.242 e. The minimum atomic E-state index is -0.306. The average Bonchev–Trinajstić information content (AvgIpc) is 2.91. The summed E-state index contributed by atoms with van der Waals surface area (Å²) >= 11 is 1.36. The molecule has 5 nitrogen and oxygen atoms in total. The van der Waals surface area contributed by atoms with Gasteiger partial charge in [0.05, 0.1) is 25.1 Å². The molecule has 0 unspecified atom stereocenters. The van der Waals surface area contributed by atoms with Crippen molar-refractivity contribution in [3.05, 3.63) is 65.5 Å². The largest absolute Gasteiger partial charge is 0.496 e. The fraction of sp³-hybridized carbons (Fsp3) is 0.211. The predicted molar refractivity (Wildman–Crippen MR) is 102 cm³/mol. The van der Waals surface area contributed by atoms with Crippen LogP contribution in [0.5, 0.6) is 5.75 Å². The number of carbonyl (C=O) groups excluding carboxylic acids is 1. The SMILES string of the molecule is COc1ccccc1/C=N\N=C1\S[C@H](C)C(=O)N1Cc1ccc(F)cc1. The van der Waals surface area contributed by atoms with E-state index in [-0.39, 0.29) is 17.0 Å². The van der Waals surface area contributed by atoms with Crippen molar-refractivity contribution in [2.24, 2.45) is 10.2 Å². The number of thioether (sulfide) groups is 1. The first-order chi connectivity index (χ1) is 12.6. The zero-order chi connectivity index (χ0) is 18.5. The van der Waals surface area contributed by atoms with Gasteiger partial charge in [-0.15, -0.1) is 5.10 Å². The van der Waals surface area contributed by atoms with E-state index in [0.717, 1.165) is 11.1 Å². The molecule has 1 atom stereocenters. The van der Waals surface area contributed by atoms with Crippen LogP contribution in [-0.4, -0.2) is 34.5 Å². The highest BCUT2D eigenvalue weighted by molar-refractivity contribution is 8.15. The maximum atomic E-state index is 13.1. The predicted octanol–water partition coefficient (Wildman–Crippen LogP) is 3.69. The van der Waals surface area contributed by atoms with Crippen LogP contribution in [0.2, 0.25) is 0 Å². The molecule has 1 saturated heterocycles. The molecule has 2 aromatic rings. The van der Waals surface area contributed by atoms with Gasteiger partial charge < -0.3 is 4.74 Å². The number of methoxy groups -OCH3 is 1. The minimum Gasteiger partial charge on any atom is -0.496 e. The molecule has 0 radical (unpaired) electrons. The van der Waals surface area contributed by atoms with Crippen molar-refractivity contribution in [1.29, 1.82) is 0 Å². The van der Waals surface area contributed by atoms with Crippen LogP contribution in [0.4, 0.5) is 4.39 Å². The number of amidine groups is 1. The van der Waals surface area contributed by atoms with Gasteiger partial charge in [-0.2, -0.15) is 5.10 Å². The van der Waals surface area contributed by atoms with Gasteiger partial charge in [-0.25, -0.2) is 4.39 Å². The Bertz CT molecular complexity index is 852. The summed E-state index contributed by atoms with van der Waals surface area (Å²) in [6.07, 6.45) is 1.59. The van der Waals surface area contributed by atoms with Crippen LogP contribution < -0.4 is 4.74 Å². The first kappa shape index (κ1) is 18.1. The van der Waals surface area contributed by atoms with E-state index in [1.165, 1.54) is 23.9 Å². The lowest BCUT2D eigenvalue weighted by Gasteiger charge is -2.15. The minimum absolute atomic E-state index is 0.0365. The summed E-state index contributed by atoms with van der Waals surface area (Å²) in [6.45, 7) is 2.16. The molecule has 1 heterocycles. The smallest absolute Gasteiger partial charge is 0.242 e. The van der Waals surface area contributed by atoms with Gasteiger partial charge in [-0.1, -0.05) is 36.0 Å². The Labute approximate surface area is 155 Å². The van der Waals surface area contributed by atoms with Crippen molar-refractivity contribution >= 4 is 29.1 Å². The molecule has 1 fully saturated rings. The van der Waals surface area contributed by atoms with Gasteiger partial charge >= 0.3 is 0 Å². The molecule has 7 heteroatoms. The first-order valence-corrected chi connectivity index (χ1v) is 8.93. The molecule has 0 bridgehead atoms. The van der Waals surface area contributed by atoms with Crippen molar-refractivity contribution < 1.29 is 13.9 Å². The van der Waals surface area contributed by atoms with Crippen LogP contribution >= 0.6 is 11.8 Å². The van der Waals surface area contributed by atoms with Gasteiger partial charge in [-0.05, 0) is 36.8 Å². The molecule has 2 aromatic carbocycles. The molecular formula is C19H18FN3O2S. The Kier molecular flexibility index (Phi) is 5.68. The van der Waals surface area contributed by atoms with E-state index >= 15 is 0 Å². The van der Waals surface area contributed by atoms with Crippen molar-refractivity contribution in [2.45, 2.75) is 18.7 Å². The van der Waals surface area contributed by atoms with Crippen LogP contribution in [0.15, 0.2) is 58.7 Å². The van der Waals surface area contributed by atoms with Crippen LogP contribution in [-0.2, 0) is 11.3 Å². The average molecular weight is 371 g/mol. The van der Waals surface area contributed by atoms with Gasteiger partial charge in [-0.3, -0.25) is 9.69 Å². The molecular weight excluding hydrogens is 353 g/mol. The van der Waals surface area contributed by atoms with E-state index in [1.807, 2.05) is 31.2 Å². The summed E-state index contributed by atoms with van der Waals surface area (Å²) in [7, 11) is 1.59. The number of rotatable bonds is 5. The lowest BCUT2D eigenvalue weighted by atomic mass is 10.2. The highest BCUT2D eigenvalue weighted by Gasteiger charge is 2.35. The molecule has 26 heavy (non-hydrogen) atoms. The van der Waals surface area contributed by atoms with Crippen molar-refractivity contribution in [2.75, 3.05) is 7.11 Å². The highest BCUT2D eigenvalue weighted by atomic mass is 32.2. The summed E-state index contributed by atoms with van der Waals surface area (Å²) in [5.41, 5.74) is 1.63. The Balaban J connectivity index is 1.79. The van der Waals surface area contributed by atoms with E-state index in [1.54, 1.807) is 30.4 Å². The van der Waals surface area contributed by atoms with Crippen molar-refractivity contribution in [3.63, 3.8) is 0 Å². The molecule has 1 aliphatic heterocycles. The molecule has 0 saturated carbocycles. The Morgan fingerprint density at radius 1 is 1.23 bits per heavy atom. The number of amides is 1. The van der Waals surface area contributed by atoms with E-state index in [4.69, 9.17) is 4.74 Å². The van der Waals surface area contributed by atoms with Gasteiger partial charge in [0.15, 0.2) is 5.17 Å². The second kappa shape index (κ2) is 8.14. The number of nitrogens with zero attached hydrogens (tertiary/aromatic N) is 3. The molecule has 3 rings (SSSR count). The molecule has 0 aliphatic carbocycles. The number of benzene rings is 2. The van der Waals surface area contributed by atoms with Gasteiger partial charge in [0.2, 0.25) is 5.91 Å². The van der Waals surface area contributed by atoms with Crippen LogP contribution in [0.3, 0.4) is 0 Å². The van der Waals surface area contributed by atoms with Crippen LogP contribution in [0.1, 0.15) is 18.1 Å². The second-order valence-electron chi connectivity index (χ2n) is 5.68. The van der Waals surface area contributed by atoms with Crippen molar-refractivity contribution in [1.82, 2.24) is 4.90 Å². The van der Waals surface area contributed by atoms with Crippen LogP contribution in [0, 0.1) is 5.82 Å². The number of halogens is 1. The zero-order valence-electron chi connectivity index (χ0n) is 14.4. The molecule has 0 spiro atoms. The zero-order valence-corrected chi connectivity index (χ0v) is 15.2. The molecule has 1 amide bonds. The van der Waals surface area contributed by atoms with E-state index in [2.05, 4.69) is 10.2 Å². The summed E-state index contributed by atoms with van der Waals surface area (Å²) < 4.78 is 18.3. The second-order valence-corrected chi connectivity index (χ2v) is 6.99. The lowest BCUT2D eigenvalue weighted by molar-refractivity contribution is -0.126. The normalized spacial score (nSPS) is 18.9. The Morgan fingerprint density at radius 3 is 2.69 bits per heavy atom. The number of hydrogen-bond donors (Lipinski definition) is 0. The standard InChI is InChI=1S/C19H18FN3O2S/c1-13-18(24)23(12-14-7-9-16(20)10-8-14)19(26-13)22-21-11-15-5-3-4-6-17(15)25-2/h3-11,13H,12H2,1-2H3/b21-11-,22-19+/t13-/m1/s1. The Morgan fingerprint density at radius 2 is 1.96 bits per heavy atom. The third-order valence-corrected chi connectivity index (χ3v) is 4.93. The van der Waals surface area contributed by atoms with Crippen LogP contribution in [0.25, 0.3) is 0 Å². The van der Waals surface area contributed by atoms with E-state index in [0.29, 0.717) is 17.5 Å². The highest BCUT2D eigenvalue weighted by Crippen LogP contribution is 2.28. The monoisotopic (exact) mass is 371 g/mol. The fourth-order valence-electron chi connectivity index (χ4n) is 2.49.